The van der Waals surface area contributed by atoms with Gasteiger partial charge in [-0.15, -0.1) is 0 Å². The summed E-state index contributed by atoms with van der Waals surface area (Å²) in [6, 6.07) is -0.848. The standard InChI is InChI=1S/C55H97NO13/c1-3-5-7-9-11-13-15-17-19-21-22-23-25-27-29-31-33-35-37-39-47(60)56-43(44(59)38-36-34-32-30-28-26-24-20-18-16-14-12-10-8-6-4-2)42-66-54-52(65)50(63)53(46(41-58)68-54)69-55-51(64)49(62)48(61)45(40-57)67-55/h5,7,11,13,17,19,22-23,27,29,43-46,48-55,57-59,61-65H,3-4,6,8-10,12,14-16,18,20-21,24-26,28,30-42H2,1-2H3,(H,56,60)/b7-5-,13-11-,19-17-,23-22-,29-27-. The maximum atomic E-state index is 13.2. The van der Waals surface area contributed by atoms with Gasteiger partial charge in [0.25, 0.3) is 0 Å². The van der Waals surface area contributed by atoms with E-state index in [2.05, 4.69) is 79.9 Å². The molecule has 12 unspecified atom stereocenters. The zero-order valence-corrected chi connectivity index (χ0v) is 42.5. The van der Waals surface area contributed by atoms with Crippen molar-refractivity contribution in [3.63, 3.8) is 0 Å². The van der Waals surface area contributed by atoms with E-state index in [0.717, 1.165) is 77.0 Å². The highest BCUT2D eigenvalue weighted by atomic mass is 16.7. The van der Waals surface area contributed by atoms with Crippen LogP contribution >= 0.6 is 0 Å². The van der Waals surface area contributed by atoms with Gasteiger partial charge in [0.2, 0.25) is 5.91 Å². The molecule has 0 aromatic heterocycles. The second-order valence-corrected chi connectivity index (χ2v) is 19.0. The van der Waals surface area contributed by atoms with Crippen LogP contribution in [0.4, 0.5) is 0 Å². The van der Waals surface area contributed by atoms with Crippen LogP contribution in [-0.2, 0) is 23.7 Å². The Morgan fingerprint density at radius 2 is 1.00 bits per heavy atom. The van der Waals surface area contributed by atoms with Gasteiger partial charge < -0.3 is 65.1 Å². The summed E-state index contributed by atoms with van der Waals surface area (Å²) in [5.74, 6) is -0.240. The molecule has 2 fully saturated rings. The van der Waals surface area contributed by atoms with Crippen LogP contribution < -0.4 is 5.32 Å². The lowest BCUT2D eigenvalue weighted by Crippen LogP contribution is -2.65. The van der Waals surface area contributed by atoms with Gasteiger partial charge in [0, 0.05) is 6.42 Å². The van der Waals surface area contributed by atoms with Gasteiger partial charge in [-0.2, -0.15) is 0 Å². The second-order valence-electron chi connectivity index (χ2n) is 19.0. The summed E-state index contributed by atoms with van der Waals surface area (Å²) in [6.07, 6.45) is 33.5. The van der Waals surface area contributed by atoms with E-state index < -0.39 is 86.8 Å². The summed E-state index contributed by atoms with van der Waals surface area (Å²) < 4.78 is 22.8. The summed E-state index contributed by atoms with van der Waals surface area (Å²) in [4.78, 5) is 13.2. The number of hydrogen-bond donors (Lipinski definition) is 9. The molecule has 14 nitrogen and oxygen atoms in total. The van der Waals surface area contributed by atoms with E-state index in [1.165, 1.54) is 77.0 Å². The minimum atomic E-state index is -1.79. The molecule has 0 radical (unpaired) electrons. The van der Waals surface area contributed by atoms with Gasteiger partial charge in [0.1, 0.15) is 48.8 Å². The minimum absolute atomic E-state index is 0.240. The molecule has 0 aliphatic carbocycles. The smallest absolute Gasteiger partial charge is 0.220 e. The first-order chi connectivity index (χ1) is 33.6. The number of amides is 1. The van der Waals surface area contributed by atoms with Crippen LogP contribution in [-0.4, -0.2) is 140 Å². The average molecular weight is 980 g/mol. The Hall–Kier alpha value is -2.31. The fourth-order valence-electron chi connectivity index (χ4n) is 8.62. The van der Waals surface area contributed by atoms with Crippen LogP contribution in [0.25, 0.3) is 0 Å². The Balaban J connectivity index is 1.83. The molecule has 69 heavy (non-hydrogen) atoms. The SMILES string of the molecule is CC/C=C\C/C=C\C/C=C\C/C=C\C/C=C\CCCCCC(=O)NC(COC1OC(CO)C(OC2OC(CO)C(O)C(O)C2O)C(O)C1O)C(O)CCCCCCCCCCCCCCCCCC. The average Bonchev–Trinajstić information content (AvgIpc) is 3.35. The number of allylic oxidation sites excluding steroid dienone is 10. The molecule has 0 aromatic carbocycles. The summed E-state index contributed by atoms with van der Waals surface area (Å²) >= 11 is 0. The van der Waals surface area contributed by atoms with Gasteiger partial charge in [0.05, 0.1) is 32.0 Å². The molecule has 2 aliphatic rings. The maximum Gasteiger partial charge on any atom is 0.220 e. The number of carbonyl (C=O) groups is 1. The number of rotatable bonds is 41. The van der Waals surface area contributed by atoms with E-state index in [0.29, 0.717) is 12.8 Å². The topological polar surface area (TPSA) is 228 Å². The molecule has 1 amide bonds. The molecular weight excluding hydrogens is 883 g/mol. The second kappa shape index (κ2) is 41.2. The highest BCUT2D eigenvalue weighted by molar-refractivity contribution is 5.76. The number of nitrogens with one attached hydrogen (secondary N) is 1. The van der Waals surface area contributed by atoms with Crippen molar-refractivity contribution in [1.82, 2.24) is 5.32 Å². The molecule has 2 rings (SSSR count). The fourth-order valence-corrected chi connectivity index (χ4v) is 8.62. The lowest BCUT2D eigenvalue weighted by molar-refractivity contribution is -0.359. The Morgan fingerprint density at radius 1 is 0.536 bits per heavy atom. The zero-order chi connectivity index (χ0) is 50.3. The third-order valence-corrected chi connectivity index (χ3v) is 13.0. The monoisotopic (exact) mass is 980 g/mol. The Morgan fingerprint density at radius 3 is 1.52 bits per heavy atom. The van der Waals surface area contributed by atoms with Crippen molar-refractivity contribution in [3.05, 3.63) is 60.8 Å². The first-order valence-corrected chi connectivity index (χ1v) is 27.0. The molecule has 2 heterocycles. The van der Waals surface area contributed by atoms with Crippen LogP contribution in [0.5, 0.6) is 0 Å². The molecule has 0 spiro atoms. The van der Waals surface area contributed by atoms with Gasteiger partial charge in [-0.05, 0) is 57.8 Å². The fraction of sp³-hybridized carbons (Fsp3) is 0.800. The predicted octanol–water partition coefficient (Wildman–Crippen LogP) is 7.83. The molecule has 12 atom stereocenters. The number of unbranched alkanes of at least 4 members (excludes halogenated alkanes) is 18. The van der Waals surface area contributed by atoms with E-state index in [1.54, 1.807) is 0 Å². The third-order valence-electron chi connectivity index (χ3n) is 13.0. The van der Waals surface area contributed by atoms with Crippen molar-refractivity contribution in [2.45, 2.75) is 261 Å². The summed E-state index contributed by atoms with van der Waals surface area (Å²) in [5.41, 5.74) is 0. The first-order valence-electron chi connectivity index (χ1n) is 27.0. The van der Waals surface area contributed by atoms with Crippen LogP contribution in [0.15, 0.2) is 60.8 Å². The molecule has 0 aromatic rings. The quantitative estimate of drug-likeness (QED) is 0.0211. The Bertz CT molecular complexity index is 1390. The van der Waals surface area contributed by atoms with Crippen molar-refractivity contribution >= 4 is 5.91 Å². The lowest BCUT2D eigenvalue weighted by atomic mass is 9.97. The predicted molar refractivity (Wildman–Crippen MR) is 272 cm³/mol. The largest absolute Gasteiger partial charge is 0.394 e. The molecule has 14 heteroatoms. The zero-order valence-electron chi connectivity index (χ0n) is 42.5. The molecule has 9 N–H and O–H groups in total. The lowest BCUT2D eigenvalue weighted by Gasteiger charge is -2.46. The van der Waals surface area contributed by atoms with Crippen molar-refractivity contribution < 1.29 is 64.6 Å². The number of aliphatic hydroxyl groups is 8. The number of carbonyl (C=O) groups excluding carboxylic acids is 1. The van der Waals surface area contributed by atoms with Crippen molar-refractivity contribution in [3.8, 4) is 0 Å². The highest BCUT2D eigenvalue weighted by Crippen LogP contribution is 2.30. The molecule has 2 saturated heterocycles. The van der Waals surface area contributed by atoms with Crippen LogP contribution in [0, 0.1) is 0 Å². The van der Waals surface area contributed by atoms with Gasteiger partial charge in [-0.1, -0.05) is 184 Å². The Kier molecular flexibility index (Phi) is 37.5. The van der Waals surface area contributed by atoms with Crippen molar-refractivity contribution in [1.29, 1.82) is 0 Å². The van der Waals surface area contributed by atoms with E-state index in [-0.39, 0.29) is 18.9 Å². The minimum Gasteiger partial charge on any atom is -0.394 e. The summed E-state index contributed by atoms with van der Waals surface area (Å²) in [6.45, 7) is 2.71. The maximum absolute atomic E-state index is 13.2. The highest BCUT2D eigenvalue weighted by Gasteiger charge is 2.51. The van der Waals surface area contributed by atoms with Crippen molar-refractivity contribution in [2.75, 3.05) is 19.8 Å². The molecule has 0 saturated carbocycles. The molecular formula is C55H97NO13. The van der Waals surface area contributed by atoms with E-state index in [4.69, 9.17) is 18.9 Å². The van der Waals surface area contributed by atoms with E-state index in [9.17, 15) is 45.6 Å². The van der Waals surface area contributed by atoms with Gasteiger partial charge in [0.15, 0.2) is 12.6 Å². The number of ether oxygens (including phenoxy) is 4. The number of hydrogen-bond acceptors (Lipinski definition) is 13. The molecule has 400 valence electrons. The van der Waals surface area contributed by atoms with Crippen LogP contribution in [0.1, 0.15) is 187 Å². The Labute approximate surface area is 416 Å². The van der Waals surface area contributed by atoms with Crippen LogP contribution in [0.3, 0.4) is 0 Å². The molecule has 0 bridgehead atoms. The normalized spacial score (nSPS) is 26.6. The summed E-state index contributed by atoms with van der Waals surface area (Å²) in [5, 5.41) is 87.0. The van der Waals surface area contributed by atoms with Crippen LogP contribution in [0.2, 0.25) is 0 Å². The van der Waals surface area contributed by atoms with Gasteiger partial charge >= 0.3 is 0 Å². The third kappa shape index (κ3) is 27.9. The van der Waals surface area contributed by atoms with E-state index in [1.807, 2.05) is 0 Å². The van der Waals surface area contributed by atoms with Gasteiger partial charge in [-0.3, -0.25) is 4.79 Å². The molecule has 2 aliphatic heterocycles. The number of aliphatic hydroxyl groups excluding tert-OH is 8. The van der Waals surface area contributed by atoms with Crippen molar-refractivity contribution in [2.24, 2.45) is 0 Å². The van der Waals surface area contributed by atoms with Gasteiger partial charge in [-0.25, -0.2) is 0 Å². The van der Waals surface area contributed by atoms with E-state index >= 15 is 0 Å². The summed E-state index contributed by atoms with van der Waals surface area (Å²) in [7, 11) is 0. The first kappa shape index (κ1) is 62.8.